The van der Waals surface area contributed by atoms with Crippen LogP contribution in [0.5, 0.6) is 0 Å². The lowest BCUT2D eigenvalue weighted by atomic mass is 10.0. The van der Waals surface area contributed by atoms with Gasteiger partial charge in [0.2, 0.25) is 17.6 Å². The van der Waals surface area contributed by atoms with Crippen LogP contribution in [0.3, 0.4) is 0 Å². The number of aromatic nitrogens is 2. The molecule has 3 aliphatic heterocycles. The molecular formula is C22H28N4O4. The summed E-state index contributed by atoms with van der Waals surface area (Å²) in [5.74, 6) is 0.721. The van der Waals surface area contributed by atoms with E-state index in [4.69, 9.17) is 14.0 Å². The zero-order valence-corrected chi connectivity index (χ0v) is 17.2. The van der Waals surface area contributed by atoms with Crippen molar-refractivity contribution in [2.75, 3.05) is 44.3 Å². The molecule has 1 aromatic carbocycles. The molecule has 8 nitrogen and oxygen atoms in total. The number of benzene rings is 1. The summed E-state index contributed by atoms with van der Waals surface area (Å²) < 4.78 is 16.8. The minimum Gasteiger partial charge on any atom is -0.372 e. The van der Waals surface area contributed by atoms with E-state index in [1.54, 1.807) is 0 Å². The summed E-state index contributed by atoms with van der Waals surface area (Å²) in [5.41, 5.74) is 2.17. The lowest BCUT2D eigenvalue weighted by molar-refractivity contribution is -0.187. The Bertz CT molecular complexity index is 860. The molecule has 0 aliphatic carbocycles. The van der Waals surface area contributed by atoms with Crippen LogP contribution in [-0.2, 0) is 20.7 Å². The maximum Gasteiger partial charge on any atom is 0.227 e. The van der Waals surface area contributed by atoms with Crippen LogP contribution in [0, 0.1) is 0 Å². The summed E-state index contributed by atoms with van der Waals surface area (Å²) in [4.78, 5) is 21.3. The number of aryl methyl sites for hydroxylation is 1. The molecule has 1 spiro atoms. The average Bonchev–Trinajstić information content (AvgIpc) is 3.55. The van der Waals surface area contributed by atoms with E-state index in [1.165, 1.54) is 18.5 Å². The standard InChI is InChI=1S/C22H28N4O4/c27-20(26-13-9-22(10-14-26)28-15-16-29-22)8-7-19-23-21(24-30-19)17-3-5-18(6-4-17)25-11-1-2-12-25/h3-6H,1-2,7-16H2. The van der Waals surface area contributed by atoms with Gasteiger partial charge in [-0.2, -0.15) is 4.98 Å². The number of nitrogens with zero attached hydrogens (tertiary/aromatic N) is 4. The highest BCUT2D eigenvalue weighted by Gasteiger charge is 2.40. The van der Waals surface area contributed by atoms with Crippen LogP contribution in [0.15, 0.2) is 28.8 Å². The van der Waals surface area contributed by atoms with Crippen molar-refractivity contribution in [1.82, 2.24) is 15.0 Å². The van der Waals surface area contributed by atoms with Crippen LogP contribution < -0.4 is 4.90 Å². The highest BCUT2D eigenvalue weighted by molar-refractivity contribution is 5.76. The summed E-state index contributed by atoms with van der Waals surface area (Å²) in [5, 5.41) is 4.09. The second kappa shape index (κ2) is 8.35. The summed E-state index contributed by atoms with van der Waals surface area (Å²) >= 11 is 0. The van der Waals surface area contributed by atoms with Crippen molar-refractivity contribution in [2.24, 2.45) is 0 Å². The molecule has 0 radical (unpaired) electrons. The van der Waals surface area contributed by atoms with Crippen LogP contribution >= 0.6 is 0 Å². The molecule has 3 saturated heterocycles. The number of amides is 1. The van der Waals surface area contributed by atoms with Gasteiger partial charge in [0.05, 0.1) is 13.2 Å². The fraction of sp³-hybridized carbons (Fsp3) is 0.591. The van der Waals surface area contributed by atoms with Gasteiger partial charge in [-0.25, -0.2) is 0 Å². The van der Waals surface area contributed by atoms with Gasteiger partial charge >= 0.3 is 0 Å². The predicted octanol–water partition coefficient (Wildman–Crippen LogP) is 2.63. The molecule has 4 heterocycles. The number of anilines is 1. The van der Waals surface area contributed by atoms with Crippen LogP contribution in [0.25, 0.3) is 11.4 Å². The van der Waals surface area contributed by atoms with E-state index in [9.17, 15) is 4.79 Å². The van der Waals surface area contributed by atoms with E-state index in [2.05, 4.69) is 27.2 Å². The topological polar surface area (TPSA) is 80.9 Å². The molecule has 160 valence electrons. The number of piperidine rings is 1. The Balaban J connectivity index is 1.13. The molecule has 8 heteroatoms. The van der Waals surface area contributed by atoms with Crippen molar-refractivity contribution in [3.8, 4) is 11.4 Å². The summed E-state index contributed by atoms with van der Waals surface area (Å²) in [7, 11) is 0. The lowest BCUT2D eigenvalue weighted by Gasteiger charge is -2.37. The van der Waals surface area contributed by atoms with E-state index < -0.39 is 5.79 Å². The first kappa shape index (κ1) is 19.5. The SMILES string of the molecule is O=C(CCc1nc(-c2ccc(N3CCCC3)cc2)no1)N1CCC2(CC1)OCCO2. The van der Waals surface area contributed by atoms with Gasteiger partial charge in [-0.15, -0.1) is 0 Å². The Kier molecular flexibility index (Phi) is 5.43. The van der Waals surface area contributed by atoms with Gasteiger partial charge < -0.3 is 23.8 Å². The van der Waals surface area contributed by atoms with E-state index >= 15 is 0 Å². The molecule has 3 fully saturated rings. The minimum atomic E-state index is -0.456. The quantitative estimate of drug-likeness (QED) is 0.747. The van der Waals surface area contributed by atoms with Gasteiger partial charge in [-0.1, -0.05) is 5.16 Å². The van der Waals surface area contributed by atoms with Crippen LogP contribution in [0.4, 0.5) is 5.69 Å². The largest absolute Gasteiger partial charge is 0.372 e. The fourth-order valence-corrected chi connectivity index (χ4v) is 4.52. The fourth-order valence-electron chi connectivity index (χ4n) is 4.52. The molecule has 30 heavy (non-hydrogen) atoms. The maximum atomic E-state index is 12.6. The number of hydrogen-bond acceptors (Lipinski definition) is 7. The third-order valence-electron chi connectivity index (χ3n) is 6.31. The first-order valence-corrected chi connectivity index (χ1v) is 10.9. The van der Waals surface area contributed by atoms with Gasteiger partial charge in [-0.3, -0.25) is 4.79 Å². The van der Waals surface area contributed by atoms with Crippen molar-refractivity contribution in [3.05, 3.63) is 30.2 Å². The van der Waals surface area contributed by atoms with Crippen LogP contribution in [0.1, 0.15) is 38.0 Å². The van der Waals surface area contributed by atoms with Crippen molar-refractivity contribution in [2.45, 2.75) is 44.3 Å². The molecular weight excluding hydrogens is 384 g/mol. The Morgan fingerprint density at radius 1 is 1.00 bits per heavy atom. The number of carbonyl (C=O) groups is 1. The Hall–Kier alpha value is -2.45. The third-order valence-corrected chi connectivity index (χ3v) is 6.31. The second-order valence-corrected chi connectivity index (χ2v) is 8.24. The number of ether oxygens (including phenoxy) is 2. The van der Waals surface area contributed by atoms with Crippen molar-refractivity contribution in [1.29, 1.82) is 0 Å². The molecule has 3 aliphatic rings. The number of likely N-dealkylation sites (tertiary alicyclic amines) is 1. The van der Waals surface area contributed by atoms with Crippen molar-refractivity contribution in [3.63, 3.8) is 0 Å². The highest BCUT2D eigenvalue weighted by Crippen LogP contribution is 2.31. The van der Waals surface area contributed by atoms with Gasteiger partial charge in [0.15, 0.2) is 5.79 Å². The average molecular weight is 412 g/mol. The zero-order valence-electron chi connectivity index (χ0n) is 17.2. The number of carbonyl (C=O) groups excluding carboxylic acids is 1. The molecule has 0 saturated carbocycles. The third kappa shape index (κ3) is 4.06. The van der Waals surface area contributed by atoms with Gasteiger partial charge in [0.25, 0.3) is 0 Å². The molecule has 0 bridgehead atoms. The zero-order chi connectivity index (χ0) is 20.4. The highest BCUT2D eigenvalue weighted by atomic mass is 16.7. The minimum absolute atomic E-state index is 0.109. The van der Waals surface area contributed by atoms with Crippen LogP contribution in [0.2, 0.25) is 0 Å². The molecule has 0 unspecified atom stereocenters. The second-order valence-electron chi connectivity index (χ2n) is 8.24. The van der Waals surface area contributed by atoms with Gasteiger partial charge in [0.1, 0.15) is 0 Å². The predicted molar refractivity (Wildman–Crippen MR) is 110 cm³/mol. The smallest absolute Gasteiger partial charge is 0.227 e. The summed E-state index contributed by atoms with van der Waals surface area (Å²) in [6.45, 7) is 4.87. The first-order valence-electron chi connectivity index (χ1n) is 10.9. The van der Waals surface area contributed by atoms with Gasteiger partial charge in [-0.05, 0) is 37.1 Å². The van der Waals surface area contributed by atoms with E-state index in [0.717, 1.165) is 31.5 Å². The van der Waals surface area contributed by atoms with E-state index in [0.29, 0.717) is 50.9 Å². The van der Waals surface area contributed by atoms with E-state index in [-0.39, 0.29) is 5.91 Å². The van der Waals surface area contributed by atoms with Gasteiger partial charge in [0, 0.05) is 63.1 Å². The molecule has 2 aromatic rings. The summed E-state index contributed by atoms with van der Waals surface area (Å²) in [6.07, 6.45) is 4.80. The van der Waals surface area contributed by atoms with E-state index in [1.807, 2.05) is 17.0 Å². The first-order chi connectivity index (χ1) is 14.7. The Morgan fingerprint density at radius 2 is 1.70 bits per heavy atom. The lowest BCUT2D eigenvalue weighted by Crippen LogP contribution is -2.47. The van der Waals surface area contributed by atoms with Crippen molar-refractivity contribution < 1.29 is 18.8 Å². The van der Waals surface area contributed by atoms with Crippen LogP contribution in [-0.4, -0.2) is 66.1 Å². The molecule has 0 atom stereocenters. The monoisotopic (exact) mass is 412 g/mol. The summed E-state index contributed by atoms with van der Waals surface area (Å²) in [6, 6.07) is 8.29. The molecule has 0 N–H and O–H groups in total. The number of hydrogen-bond donors (Lipinski definition) is 0. The Labute approximate surface area is 176 Å². The maximum absolute atomic E-state index is 12.6. The number of rotatable bonds is 5. The molecule has 1 amide bonds. The Morgan fingerprint density at radius 3 is 2.40 bits per heavy atom. The molecule has 1 aromatic heterocycles. The van der Waals surface area contributed by atoms with Crippen molar-refractivity contribution >= 4 is 11.6 Å². The molecule has 5 rings (SSSR count). The normalized spacial score (nSPS) is 20.9.